The number of benzene rings is 1. The lowest BCUT2D eigenvalue weighted by atomic mass is 9.94. The molecule has 20 heavy (non-hydrogen) atoms. The highest BCUT2D eigenvalue weighted by Crippen LogP contribution is 2.23. The summed E-state index contributed by atoms with van der Waals surface area (Å²) in [5.74, 6) is 0.435. The van der Waals surface area contributed by atoms with Gasteiger partial charge in [-0.15, -0.1) is 0 Å². The molecule has 0 aliphatic heterocycles. The van der Waals surface area contributed by atoms with Gasteiger partial charge >= 0.3 is 0 Å². The van der Waals surface area contributed by atoms with Crippen molar-refractivity contribution in [2.24, 2.45) is 0 Å². The quantitative estimate of drug-likeness (QED) is 0.707. The minimum atomic E-state index is 0.126. The highest BCUT2D eigenvalue weighted by atomic mass is 35.5. The fourth-order valence-electron chi connectivity index (χ4n) is 2.05. The van der Waals surface area contributed by atoms with E-state index in [1.165, 1.54) is 5.56 Å². The molecule has 1 aromatic carbocycles. The van der Waals surface area contributed by atoms with Gasteiger partial charge in [-0.2, -0.15) is 0 Å². The van der Waals surface area contributed by atoms with Crippen LogP contribution in [0.25, 0.3) is 0 Å². The number of hydrogen-bond acceptors (Lipinski definition) is 2. The summed E-state index contributed by atoms with van der Waals surface area (Å²) in [5.41, 5.74) is 1.41. The first-order valence-electron chi connectivity index (χ1n) is 7.50. The lowest BCUT2D eigenvalue weighted by Gasteiger charge is -2.26. The zero-order chi connectivity index (χ0) is 15.0. The lowest BCUT2D eigenvalue weighted by molar-refractivity contribution is 0.126. The lowest BCUT2D eigenvalue weighted by Crippen LogP contribution is -2.38. The van der Waals surface area contributed by atoms with Crippen LogP contribution in [0.5, 0.6) is 0 Å². The molecule has 0 radical (unpaired) electrons. The molecule has 0 saturated heterocycles. The molecule has 0 aliphatic rings. The summed E-state index contributed by atoms with van der Waals surface area (Å²) < 4.78 is 5.64. The Morgan fingerprint density at radius 1 is 1.25 bits per heavy atom. The largest absolute Gasteiger partial charge is 0.381 e. The van der Waals surface area contributed by atoms with Crippen molar-refractivity contribution in [3.63, 3.8) is 0 Å². The second kappa shape index (κ2) is 8.66. The van der Waals surface area contributed by atoms with Crippen LogP contribution in [-0.2, 0) is 4.74 Å². The Morgan fingerprint density at radius 3 is 2.60 bits per heavy atom. The van der Waals surface area contributed by atoms with Gasteiger partial charge in [0.1, 0.15) is 0 Å². The summed E-state index contributed by atoms with van der Waals surface area (Å²) in [5, 5.41) is 4.39. The van der Waals surface area contributed by atoms with Crippen LogP contribution in [0.1, 0.15) is 52.0 Å². The van der Waals surface area contributed by atoms with Gasteiger partial charge in [0, 0.05) is 30.3 Å². The molecule has 1 unspecified atom stereocenters. The van der Waals surface area contributed by atoms with Gasteiger partial charge < -0.3 is 10.1 Å². The number of nitrogens with one attached hydrogen (secondary N) is 1. The van der Waals surface area contributed by atoms with Gasteiger partial charge in [0.15, 0.2) is 0 Å². The topological polar surface area (TPSA) is 21.3 Å². The minimum Gasteiger partial charge on any atom is -0.381 e. The predicted molar refractivity (Wildman–Crippen MR) is 87.7 cm³/mol. The third kappa shape index (κ3) is 7.28. The summed E-state index contributed by atoms with van der Waals surface area (Å²) in [7, 11) is 0. The van der Waals surface area contributed by atoms with Gasteiger partial charge in [0.25, 0.3) is 0 Å². The van der Waals surface area contributed by atoms with Crippen LogP contribution >= 0.6 is 11.6 Å². The summed E-state index contributed by atoms with van der Waals surface area (Å²) in [4.78, 5) is 0. The average Bonchev–Trinajstić information content (AvgIpc) is 2.36. The van der Waals surface area contributed by atoms with Gasteiger partial charge in [-0.1, -0.05) is 30.7 Å². The monoisotopic (exact) mass is 297 g/mol. The maximum Gasteiger partial charge on any atom is 0.0472 e. The summed E-state index contributed by atoms with van der Waals surface area (Å²) >= 11 is 6.11. The van der Waals surface area contributed by atoms with Crippen molar-refractivity contribution < 1.29 is 4.74 Å². The van der Waals surface area contributed by atoms with Gasteiger partial charge in [-0.05, 0) is 57.2 Å². The van der Waals surface area contributed by atoms with Crippen molar-refractivity contribution in [2.75, 3.05) is 19.8 Å². The molecule has 3 heteroatoms. The Morgan fingerprint density at radius 2 is 2.00 bits per heavy atom. The van der Waals surface area contributed by atoms with Crippen molar-refractivity contribution in [1.82, 2.24) is 5.32 Å². The molecule has 0 spiro atoms. The third-order valence-corrected chi connectivity index (χ3v) is 3.39. The molecule has 0 fully saturated rings. The van der Waals surface area contributed by atoms with Crippen LogP contribution in [0.15, 0.2) is 24.3 Å². The van der Waals surface area contributed by atoms with Crippen LogP contribution in [0.4, 0.5) is 0 Å². The van der Waals surface area contributed by atoms with E-state index in [0.29, 0.717) is 5.92 Å². The van der Waals surface area contributed by atoms with Crippen LogP contribution < -0.4 is 5.32 Å². The van der Waals surface area contributed by atoms with Gasteiger partial charge in [-0.25, -0.2) is 0 Å². The van der Waals surface area contributed by atoms with E-state index in [4.69, 9.17) is 16.3 Å². The molecule has 2 nitrogen and oxygen atoms in total. The van der Waals surface area contributed by atoms with Crippen molar-refractivity contribution in [3.8, 4) is 0 Å². The van der Waals surface area contributed by atoms with E-state index in [0.717, 1.165) is 37.6 Å². The molecular formula is C17H28ClNO. The van der Waals surface area contributed by atoms with Gasteiger partial charge in [-0.3, -0.25) is 0 Å². The van der Waals surface area contributed by atoms with Gasteiger partial charge in [0.2, 0.25) is 0 Å². The van der Waals surface area contributed by atoms with E-state index in [1.54, 1.807) is 0 Å². The van der Waals surface area contributed by atoms with E-state index in [9.17, 15) is 0 Å². The van der Waals surface area contributed by atoms with Crippen LogP contribution in [-0.4, -0.2) is 25.3 Å². The first-order chi connectivity index (χ1) is 9.42. The molecule has 114 valence electrons. The molecule has 0 saturated carbocycles. The Labute approximate surface area is 128 Å². The van der Waals surface area contributed by atoms with Gasteiger partial charge in [0.05, 0.1) is 0 Å². The maximum atomic E-state index is 6.11. The second-order valence-corrected chi connectivity index (χ2v) is 6.72. The minimum absolute atomic E-state index is 0.126. The van der Waals surface area contributed by atoms with Crippen LogP contribution in [0.3, 0.4) is 0 Å². The van der Waals surface area contributed by atoms with Crippen LogP contribution in [0.2, 0.25) is 5.02 Å². The molecule has 1 rings (SSSR count). The molecule has 1 atom stereocenters. The molecule has 1 N–H and O–H groups in total. The van der Waals surface area contributed by atoms with Crippen molar-refractivity contribution in [3.05, 3.63) is 34.9 Å². The van der Waals surface area contributed by atoms with Crippen molar-refractivity contribution >= 4 is 11.6 Å². The second-order valence-electron chi connectivity index (χ2n) is 6.28. The van der Waals surface area contributed by atoms with E-state index < -0.39 is 0 Å². The molecule has 0 amide bonds. The average molecular weight is 298 g/mol. The van der Waals surface area contributed by atoms with Crippen LogP contribution in [0, 0.1) is 0 Å². The predicted octanol–water partition coefficient (Wildman–Crippen LogP) is 4.63. The molecular weight excluding hydrogens is 270 g/mol. The molecule has 0 aliphatic carbocycles. The van der Waals surface area contributed by atoms with E-state index in [1.807, 2.05) is 12.1 Å². The molecule has 1 aromatic rings. The Bertz CT molecular complexity index is 387. The summed E-state index contributed by atoms with van der Waals surface area (Å²) in [6.45, 7) is 11.3. The summed E-state index contributed by atoms with van der Waals surface area (Å²) in [6, 6.07) is 8.17. The Balaban J connectivity index is 2.63. The fraction of sp³-hybridized carbons (Fsp3) is 0.647. The van der Waals surface area contributed by atoms with Crippen molar-refractivity contribution in [2.45, 2.75) is 52.0 Å². The molecule has 0 heterocycles. The molecule has 0 bridgehead atoms. The highest BCUT2D eigenvalue weighted by molar-refractivity contribution is 6.30. The number of halogens is 1. The van der Waals surface area contributed by atoms with Crippen molar-refractivity contribution in [1.29, 1.82) is 0 Å². The van der Waals surface area contributed by atoms with E-state index >= 15 is 0 Å². The molecule has 0 aromatic heterocycles. The third-order valence-electron chi connectivity index (χ3n) is 3.16. The Kier molecular flexibility index (Phi) is 7.57. The van der Waals surface area contributed by atoms with E-state index in [-0.39, 0.29) is 5.54 Å². The number of rotatable bonds is 8. The number of ether oxygens (including phenoxy) is 1. The number of hydrogen-bond donors (Lipinski definition) is 1. The maximum absolute atomic E-state index is 6.11. The zero-order valence-corrected chi connectivity index (χ0v) is 14.0. The SMILES string of the molecule is CCCOCCC(CNC(C)(C)C)c1cccc(Cl)c1. The first kappa shape index (κ1) is 17.5. The summed E-state index contributed by atoms with van der Waals surface area (Å²) in [6.07, 6.45) is 2.09. The fourth-order valence-corrected chi connectivity index (χ4v) is 2.25. The normalized spacial score (nSPS) is 13.4. The standard InChI is InChI=1S/C17H28ClNO/c1-5-10-20-11-9-15(13-19-17(2,3)4)14-7-6-8-16(18)12-14/h6-8,12,15,19H,5,9-11,13H2,1-4H3. The highest BCUT2D eigenvalue weighted by Gasteiger charge is 2.16. The Hall–Kier alpha value is -0.570. The smallest absolute Gasteiger partial charge is 0.0472 e. The zero-order valence-electron chi connectivity index (χ0n) is 13.2. The van der Waals surface area contributed by atoms with E-state index in [2.05, 4.69) is 45.1 Å². The first-order valence-corrected chi connectivity index (χ1v) is 7.88.